The number of rotatable bonds is 7. The summed E-state index contributed by atoms with van der Waals surface area (Å²) in [6.45, 7) is 1.72. The third kappa shape index (κ3) is 5.20. The normalized spacial score (nSPS) is 10.5. The molecule has 0 aliphatic rings. The number of carbonyl (C=O) groups excluding carboxylic acids is 1. The van der Waals surface area contributed by atoms with E-state index in [0.29, 0.717) is 17.2 Å². The predicted molar refractivity (Wildman–Crippen MR) is 81.5 cm³/mol. The molecule has 2 aromatic heterocycles. The van der Waals surface area contributed by atoms with Crippen LogP contribution in [-0.2, 0) is 21.9 Å². The lowest BCUT2D eigenvalue weighted by Crippen LogP contribution is -2.14. The largest absolute Gasteiger partial charge is 0.480 e. The van der Waals surface area contributed by atoms with E-state index in [9.17, 15) is 9.59 Å². The van der Waals surface area contributed by atoms with Crippen LogP contribution in [-0.4, -0.2) is 37.5 Å². The van der Waals surface area contributed by atoms with Gasteiger partial charge in [-0.2, -0.15) is 5.10 Å². The number of amides is 1. The molecule has 7 nitrogen and oxygen atoms in total. The van der Waals surface area contributed by atoms with Crippen molar-refractivity contribution >= 4 is 40.7 Å². The zero-order chi connectivity index (χ0) is 15.2. The van der Waals surface area contributed by atoms with Gasteiger partial charge in [-0.15, -0.1) is 23.1 Å². The van der Waals surface area contributed by atoms with Crippen LogP contribution in [0.1, 0.15) is 10.7 Å². The summed E-state index contributed by atoms with van der Waals surface area (Å²) in [5.74, 6) is -0.136. The van der Waals surface area contributed by atoms with Crippen molar-refractivity contribution in [1.82, 2.24) is 14.8 Å². The lowest BCUT2D eigenvalue weighted by molar-refractivity contribution is -0.137. The Morgan fingerprint density at radius 1 is 1.52 bits per heavy atom. The summed E-state index contributed by atoms with van der Waals surface area (Å²) >= 11 is 3.06. The number of anilines is 1. The van der Waals surface area contributed by atoms with Crippen molar-refractivity contribution in [2.75, 3.05) is 11.1 Å². The summed E-state index contributed by atoms with van der Waals surface area (Å²) in [6.07, 6.45) is 2.91. The number of thiazole rings is 1. The summed E-state index contributed by atoms with van der Waals surface area (Å²) in [6, 6.07) is 0. The van der Waals surface area contributed by atoms with Gasteiger partial charge in [-0.1, -0.05) is 0 Å². The third-order valence-corrected chi connectivity index (χ3v) is 4.15. The summed E-state index contributed by atoms with van der Waals surface area (Å²) in [7, 11) is 0. The van der Waals surface area contributed by atoms with Gasteiger partial charge in [0.15, 0.2) is 0 Å². The number of carboxylic acids is 1. The van der Waals surface area contributed by atoms with E-state index in [4.69, 9.17) is 5.11 Å². The molecule has 0 atom stereocenters. The molecule has 1 amide bonds. The van der Waals surface area contributed by atoms with Crippen LogP contribution in [0.4, 0.5) is 5.69 Å². The van der Waals surface area contributed by atoms with Gasteiger partial charge >= 0.3 is 5.97 Å². The zero-order valence-corrected chi connectivity index (χ0v) is 12.9. The van der Waals surface area contributed by atoms with Crippen LogP contribution in [0.25, 0.3) is 0 Å². The molecule has 0 saturated carbocycles. The van der Waals surface area contributed by atoms with Gasteiger partial charge in [-0.25, -0.2) is 4.98 Å². The second kappa shape index (κ2) is 7.23. The molecule has 0 saturated heterocycles. The highest BCUT2D eigenvalue weighted by Gasteiger charge is 2.07. The fourth-order valence-corrected chi connectivity index (χ4v) is 3.01. The van der Waals surface area contributed by atoms with Gasteiger partial charge < -0.3 is 10.4 Å². The van der Waals surface area contributed by atoms with Crippen LogP contribution in [0, 0.1) is 6.92 Å². The first-order valence-corrected chi connectivity index (χ1v) is 8.09. The number of aryl methyl sites for hydroxylation is 1. The van der Waals surface area contributed by atoms with Crippen LogP contribution in [0.5, 0.6) is 0 Å². The molecule has 0 bridgehead atoms. The Balaban J connectivity index is 1.74. The molecule has 2 aromatic rings. The van der Waals surface area contributed by atoms with Crippen LogP contribution >= 0.6 is 23.1 Å². The topological polar surface area (TPSA) is 97.1 Å². The van der Waals surface area contributed by atoms with Crippen molar-refractivity contribution in [2.45, 2.75) is 19.2 Å². The summed E-state index contributed by atoms with van der Waals surface area (Å²) in [5.41, 5.74) is 1.47. The Morgan fingerprint density at radius 2 is 2.33 bits per heavy atom. The van der Waals surface area contributed by atoms with Crippen molar-refractivity contribution in [3.8, 4) is 0 Å². The van der Waals surface area contributed by atoms with Gasteiger partial charge in [0.2, 0.25) is 5.91 Å². The van der Waals surface area contributed by atoms with E-state index in [1.54, 1.807) is 11.3 Å². The second-order valence-electron chi connectivity index (χ2n) is 4.22. The maximum Gasteiger partial charge on any atom is 0.325 e. The molecular formula is C12H14N4O3S2. The molecule has 2 rings (SSSR count). The van der Waals surface area contributed by atoms with Crippen molar-refractivity contribution < 1.29 is 14.7 Å². The predicted octanol–water partition coefficient (Wildman–Crippen LogP) is 1.60. The van der Waals surface area contributed by atoms with Crippen LogP contribution in [0.3, 0.4) is 0 Å². The number of nitrogens with zero attached hydrogens (tertiary/aromatic N) is 3. The first-order chi connectivity index (χ1) is 10.0. The molecule has 0 radical (unpaired) electrons. The minimum absolute atomic E-state index is 0.151. The smallest absolute Gasteiger partial charge is 0.325 e. The Kier molecular flexibility index (Phi) is 5.34. The zero-order valence-electron chi connectivity index (χ0n) is 11.3. The highest BCUT2D eigenvalue weighted by molar-refractivity contribution is 7.99. The van der Waals surface area contributed by atoms with Gasteiger partial charge in [0.1, 0.15) is 6.54 Å². The maximum absolute atomic E-state index is 11.7. The number of hydrogen-bond acceptors (Lipinski definition) is 6. The molecule has 0 fully saturated rings. The Labute approximate surface area is 129 Å². The molecule has 112 valence electrons. The van der Waals surface area contributed by atoms with E-state index < -0.39 is 5.97 Å². The fourth-order valence-electron chi connectivity index (χ4n) is 1.57. The number of hydrogen-bond donors (Lipinski definition) is 2. The average molecular weight is 326 g/mol. The fraction of sp³-hybridized carbons (Fsp3) is 0.333. The van der Waals surface area contributed by atoms with Crippen molar-refractivity contribution in [3.63, 3.8) is 0 Å². The molecular weight excluding hydrogens is 312 g/mol. The Bertz CT molecular complexity index is 638. The van der Waals surface area contributed by atoms with Gasteiger partial charge in [0.25, 0.3) is 0 Å². The van der Waals surface area contributed by atoms with E-state index in [1.807, 2.05) is 12.3 Å². The number of nitrogens with one attached hydrogen (secondary N) is 1. The van der Waals surface area contributed by atoms with Gasteiger partial charge in [-0.05, 0) is 6.92 Å². The second-order valence-corrected chi connectivity index (χ2v) is 6.27. The maximum atomic E-state index is 11.7. The van der Waals surface area contributed by atoms with E-state index >= 15 is 0 Å². The Morgan fingerprint density at radius 3 is 3.00 bits per heavy atom. The molecule has 0 spiro atoms. The lowest BCUT2D eigenvalue weighted by Gasteiger charge is -2.01. The third-order valence-electron chi connectivity index (χ3n) is 2.36. The van der Waals surface area contributed by atoms with Gasteiger partial charge in [0.05, 0.1) is 28.3 Å². The Hall–Kier alpha value is -1.87. The average Bonchev–Trinajstić information content (AvgIpc) is 2.98. The van der Waals surface area contributed by atoms with Crippen molar-refractivity contribution in [1.29, 1.82) is 0 Å². The highest BCUT2D eigenvalue weighted by Crippen LogP contribution is 2.15. The molecule has 2 N–H and O–H groups in total. The van der Waals surface area contributed by atoms with Crippen molar-refractivity contribution in [2.24, 2.45) is 0 Å². The minimum atomic E-state index is -0.981. The first kappa shape index (κ1) is 15.5. The molecule has 0 aromatic carbocycles. The number of carbonyl (C=O) groups is 2. The highest BCUT2D eigenvalue weighted by atomic mass is 32.2. The van der Waals surface area contributed by atoms with Crippen molar-refractivity contribution in [3.05, 3.63) is 28.5 Å². The molecule has 0 unspecified atom stereocenters. The van der Waals surface area contributed by atoms with Crippen LogP contribution in [0.15, 0.2) is 17.8 Å². The summed E-state index contributed by atoms with van der Waals surface area (Å²) < 4.78 is 1.25. The van der Waals surface area contributed by atoms with E-state index in [2.05, 4.69) is 15.4 Å². The van der Waals surface area contributed by atoms with Gasteiger partial charge in [0, 0.05) is 17.3 Å². The quantitative estimate of drug-likeness (QED) is 0.802. The van der Waals surface area contributed by atoms with Crippen LogP contribution < -0.4 is 5.32 Å². The minimum Gasteiger partial charge on any atom is -0.480 e. The van der Waals surface area contributed by atoms with E-state index in [0.717, 1.165) is 10.7 Å². The molecule has 0 aliphatic carbocycles. The summed E-state index contributed by atoms with van der Waals surface area (Å²) in [5, 5.41) is 18.1. The molecule has 2 heterocycles. The monoisotopic (exact) mass is 326 g/mol. The van der Waals surface area contributed by atoms with E-state index in [-0.39, 0.29) is 12.5 Å². The number of aromatic nitrogens is 3. The van der Waals surface area contributed by atoms with Gasteiger partial charge in [-0.3, -0.25) is 14.3 Å². The standard InChI is InChI=1S/C12H14N4O3S2/c1-8-14-10(6-21-8)5-20-7-11(17)15-9-2-13-16(3-9)4-12(18)19/h2-3,6H,4-5,7H2,1H3,(H,15,17)(H,18,19). The lowest BCUT2D eigenvalue weighted by atomic mass is 10.5. The van der Waals surface area contributed by atoms with Crippen LogP contribution in [0.2, 0.25) is 0 Å². The number of aliphatic carboxylic acids is 1. The number of carboxylic acid groups (broad SMARTS) is 1. The molecule has 21 heavy (non-hydrogen) atoms. The van der Waals surface area contributed by atoms with E-state index in [1.165, 1.54) is 28.8 Å². The molecule has 0 aliphatic heterocycles. The number of thioether (sulfide) groups is 1. The first-order valence-electron chi connectivity index (χ1n) is 6.06. The molecule has 9 heteroatoms. The summed E-state index contributed by atoms with van der Waals surface area (Å²) in [4.78, 5) is 26.6. The SMILES string of the molecule is Cc1nc(CSCC(=O)Nc2cnn(CC(=O)O)c2)cs1.